The van der Waals surface area contributed by atoms with Gasteiger partial charge in [-0.15, -0.1) is 0 Å². The molecule has 0 aromatic heterocycles. The molecule has 140 valence electrons. The molecule has 1 unspecified atom stereocenters. The lowest BCUT2D eigenvalue weighted by molar-refractivity contribution is 0.258. The number of nitrogens with zero attached hydrogens (tertiary/aromatic N) is 1. The third-order valence-corrected chi connectivity index (χ3v) is 4.58. The summed E-state index contributed by atoms with van der Waals surface area (Å²) in [5, 5.41) is 0. The summed E-state index contributed by atoms with van der Waals surface area (Å²) in [5.41, 5.74) is 22.5. The highest BCUT2D eigenvalue weighted by Crippen LogP contribution is 2.21. The van der Waals surface area contributed by atoms with E-state index in [0.29, 0.717) is 0 Å². The van der Waals surface area contributed by atoms with Gasteiger partial charge in [0.2, 0.25) is 0 Å². The number of hydrogen-bond donors (Lipinski definition) is 4. The molecule has 0 aromatic rings. The van der Waals surface area contributed by atoms with Gasteiger partial charge in [0.05, 0.1) is 0 Å². The highest BCUT2D eigenvalue weighted by molar-refractivity contribution is 4.64. The molecule has 0 fully saturated rings. The van der Waals surface area contributed by atoms with Crippen molar-refractivity contribution in [1.29, 1.82) is 0 Å². The van der Waals surface area contributed by atoms with Crippen LogP contribution in [0.5, 0.6) is 0 Å². The number of hydrogen-bond acceptors (Lipinski definition) is 5. The average Bonchev–Trinajstić information content (AvgIpc) is 2.57. The minimum Gasteiger partial charge on any atom is -0.330 e. The first kappa shape index (κ1) is 22.8. The van der Waals surface area contributed by atoms with Gasteiger partial charge in [-0.3, -0.25) is 0 Å². The molecule has 0 aliphatic rings. The zero-order chi connectivity index (χ0) is 17.2. The molecular formula is C18H43N5. The standard InChI is InChI=1S/C18H43N5/c19-11-3-1-8-18(10-5-12-20)9-2-4-15-23(16-6-13-21)17-7-14-22/h18H,1-17,19-22H2. The second kappa shape index (κ2) is 18.1. The second-order valence-corrected chi connectivity index (χ2v) is 6.70. The van der Waals surface area contributed by atoms with Crippen LogP contribution < -0.4 is 22.9 Å². The van der Waals surface area contributed by atoms with Crippen molar-refractivity contribution in [2.75, 3.05) is 45.8 Å². The average molecular weight is 330 g/mol. The molecule has 0 aromatic carbocycles. The Morgan fingerprint density at radius 2 is 0.913 bits per heavy atom. The number of rotatable bonds is 18. The monoisotopic (exact) mass is 329 g/mol. The van der Waals surface area contributed by atoms with E-state index < -0.39 is 0 Å². The van der Waals surface area contributed by atoms with Gasteiger partial charge in [0.1, 0.15) is 0 Å². The van der Waals surface area contributed by atoms with Crippen molar-refractivity contribution in [1.82, 2.24) is 4.90 Å². The van der Waals surface area contributed by atoms with Crippen molar-refractivity contribution < 1.29 is 0 Å². The van der Waals surface area contributed by atoms with E-state index in [9.17, 15) is 0 Å². The molecule has 8 N–H and O–H groups in total. The van der Waals surface area contributed by atoms with Crippen LogP contribution in [0.15, 0.2) is 0 Å². The van der Waals surface area contributed by atoms with Crippen molar-refractivity contribution in [2.24, 2.45) is 28.9 Å². The quantitative estimate of drug-likeness (QED) is 0.286. The largest absolute Gasteiger partial charge is 0.330 e. The number of nitrogens with two attached hydrogens (primary N) is 4. The zero-order valence-corrected chi connectivity index (χ0v) is 15.4. The third-order valence-electron chi connectivity index (χ3n) is 4.58. The first-order chi connectivity index (χ1) is 11.3. The van der Waals surface area contributed by atoms with E-state index in [4.69, 9.17) is 22.9 Å². The fourth-order valence-corrected chi connectivity index (χ4v) is 3.15. The number of unbranched alkanes of at least 4 members (excludes halogenated alkanes) is 2. The molecule has 0 radical (unpaired) electrons. The Balaban J connectivity index is 3.91. The van der Waals surface area contributed by atoms with Crippen LogP contribution in [0, 0.1) is 5.92 Å². The Bertz CT molecular complexity index is 217. The van der Waals surface area contributed by atoms with Gasteiger partial charge >= 0.3 is 0 Å². The minimum atomic E-state index is 0.779. The summed E-state index contributed by atoms with van der Waals surface area (Å²) >= 11 is 0. The van der Waals surface area contributed by atoms with Crippen molar-refractivity contribution in [3.05, 3.63) is 0 Å². The van der Waals surface area contributed by atoms with Crippen LogP contribution in [0.4, 0.5) is 0 Å². The Kier molecular flexibility index (Phi) is 18.0. The molecular weight excluding hydrogens is 286 g/mol. The highest BCUT2D eigenvalue weighted by Gasteiger charge is 2.09. The lowest BCUT2D eigenvalue weighted by atomic mass is 9.91. The van der Waals surface area contributed by atoms with Gasteiger partial charge in [-0.1, -0.05) is 25.7 Å². The Hall–Kier alpha value is -0.200. The van der Waals surface area contributed by atoms with Crippen LogP contribution in [0.3, 0.4) is 0 Å². The van der Waals surface area contributed by atoms with Crippen molar-refractivity contribution in [3.8, 4) is 0 Å². The highest BCUT2D eigenvalue weighted by atomic mass is 15.1. The van der Waals surface area contributed by atoms with Crippen molar-refractivity contribution in [2.45, 2.75) is 64.2 Å². The molecule has 0 aliphatic heterocycles. The van der Waals surface area contributed by atoms with E-state index in [-0.39, 0.29) is 0 Å². The molecule has 0 bridgehead atoms. The molecule has 0 aliphatic carbocycles. The molecule has 0 saturated heterocycles. The summed E-state index contributed by atoms with van der Waals surface area (Å²) in [6.45, 7) is 6.61. The zero-order valence-electron chi connectivity index (χ0n) is 15.4. The van der Waals surface area contributed by atoms with Gasteiger partial charge in [-0.05, 0) is 90.3 Å². The Labute approximate surface area is 144 Å². The SMILES string of the molecule is NCCCCC(CCCN)CCCCN(CCCN)CCCN. The van der Waals surface area contributed by atoms with Crippen LogP contribution in [-0.2, 0) is 0 Å². The molecule has 5 nitrogen and oxygen atoms in total. The summed E-state index contributed by atoms with van der Waals surface area (Å²) in [4.78, 5) is 2.53. The maximum atomic E-state index is 5.67. The molecule has 0 heterocycles. The molecule has 0 rings (SSSR count). The summed E-state index contributed by atoms with van der Waals surface area (Å²) in [6.07, 6.45) is 12.3. The predicted octanol–water partition coefficient (Wildman–Crippen LogP) is 1.64. The summed E-state index contributed by atoms with van der Waals surface area (Å²) in [7, 11) is 0. The van der Waals surface area contributed by atoms with E-state index in [0.717, 1.165) is 70.9 Å². The minimum absolute atomic E-state index is 0.779. The van der Waals surface area contributed by atoms with Crippen LogP contribution in [0.1, 0.15) is 64.2 Å². The van der Waals surface area contributed by atoms with Crippen molar-refractivity contribution in [3.63, 3.8) is 0 Å². The molecule has 1 atom stereocenters. The van der Waals surface area contributed by atoms with Gasteiger partial charge in [0, 0.05) is 0 Å². The van der Waals surface area contributed by atoms with E-state index in [1.54, 1.807) is 0 Å². The van der Waals surface area contributed by atoms with Crippen LogP contribution in [0.2, 0.25) is 0 Å². The van der Waals surface area contributed by atoms with E-state index in [1.807, 2.05) is 0 Å². The summed E-state index contributed by atoms with van der Waals surface area (Å²) in [5.74, 6) is 0.839. The fraction of sp³-hybridized carbons (Fsp3) is 1.00. The topological polar surface area (TPSA) is 107 Å². The lowest BCUT2D eigenvalue weighted by Crippen LogP contribution is -2.29. The van der Waals surface area contributed by atoms with Crippen LogP contribution in [0.25, 0.3) is 0 Å². The van der Waals surface area contributed by atoms with Gasteiger partial charge in [-0.25, -0.2) is 0 Å². The summed E-state index contributed by atoms with van der Waals surface area (Å²) in [6, 6.07) is 0. The molecule has 0 spiro atoms. The first-order valence-electron chi connectivity index (χ1n) is 9.81. The first-order valence-corrected chi connectivity index (χ1v) is 9.81. The molecule has 23 heavy (non-hydrogen) atoms. The van der Waals surface area contributed by atoms with E-state index in [2.05, 4.69) is 4.90 Å². The van der Waals surface area contributed by atoms with Crippen molar-refractivity contribution >= 4 is 0 Å². The molecule has 5 heteroatoms. The van der Waals surface area contributed by atoms with Gasteiger partial charge < -0.3 is 27.8 Å². The predicted molar refractivity (Wildman–Crippen MR) is 102 cm³/mol. The van der Waals surface area contributed by atoms with Gasteiger partial charge in [0.25, 0.3) is 0 Å². The van der Waals surface area contributed by atoms with Crippen LogP contribution in [-0.4, -0.2) is 50.7 Å². The second-order valence-electron chi connectivity index (χ2n) is 6.70. The maximum absolute atomic E-state index is 5.67. The van der Waals surface area contributed by atoms with Gasteiger partial charge in [-0.2, -0.15) is 0 Å². The summed E-state index contributed by atoms with van der Waals surface area (Å²) < 4.78 is 0. The van der Waals surface area contributed by atoms with Gasteiger partial charge in [0.15, 0.2) is 0 Å². The normalized spacial score (nSPS) is 12.9. The molecule has 0 saturated carbocycles. The lowest BCUT2D eigenvalue weighted by Gasteiger charge is -2.22. The van der Waals surface area contributed by atoms with Crippen LogP contribution >= 0.6 is 0 Å². The smallest absolute Gasteiger partial charge is 0.000671 e. The fourth-order valence-electron chi connectivity index (χ4n) is 3.15. The van der Waals surface area contributed by atoms with E-state index >= 15 is 0 Å². The Morgan fingerprint density at radius 3 is 1.43 bits per heavy atom. The third kappa shape index (κ3) is 15.1. The maximum Gasteiger partial charge on any atom is -0.000671 e. The Morgan fingerprint density at radius 1 is 0.478 bits per heavy atom. The van der Waals surface area contributed by atoms with E-state index in [1.165, 1.54) is 45.1 Å². The molecule has 0 amide bonds.